The van der Waals surface area contributed by atoms with Gasteiger partial charge in [-0.2, -0.15) is 0 Å². The molecule has 1 aromatic rings. The van der Waals surface area contributed by atoms with E-state index in [1.165, 1.54) is 32.1 Å². The molecule has 2 N–H and O–H groups in total. The number of nitrogens with zero attached hydrogens (tertiary/aromatic N) is 2. The minimum absolute atomic E-state index is 0.384. The third kappa shape index (κ3) is 4.57. The molecule has 0 spiro atoms. The molecule has 20 heavy (non-hydrogen) atoms. The fourth-order valence-electron chi connectivity index (χ4n) is 3.50. The summed E-state index contributed by atoms with van der Waals surface area (Å²) in [7, 11) is 2.19. The van der Waals surface area contributed by atoms with Crippen molar-refractivity contribution < 1.29 is 0 Å². The van der Waals surface area contributed by atoms with E-state index >= 15 is 0 Å². The Bertz CT molecular complexity index is 379. The van der Waals surface area contributed by atoms with Gasteiger partial charge in [-0.05, 0) is 50.3 Å². The molecular weight excluding hydrogens is 246 g/mol. The lowest BCUT2D eigenvalue weighted by atomic mass is 9.76. The van der Waals surface area contributed by atoms with Crippen LogP contribution in [0.25, 0.3) is 0 Å². The van der Waals surface area contributed by atoms with Gasteiger partial charge in [-0.15, -0.1) is 0 Å². The van der Waals surface area contributed by atoms with Crippen LogP contribution in [-0.4, -0.2) is 29.5 Å². The predicted molar refractivity (Wildman–Crippen MR) is 84.3 cm³/mol. The van der Waals surface area contributed by atoms with Gasteiger partial charge in [0.15, 0.2) is 0 Å². The van der Waals surface area contributed by atoms with Crippen LogP contribution in [0.5, 0.6) is 0 Å². The topological polar surface area (TPSA) is 42.1 Å². The molecule has 1 aliphatic carbocycles. The van der Waals surface area contributed by atoms with Crippen molar-refractivity contribution in [2.24, 2.45) is 17.6 Å². The van der Waals surface area contributed by atoms with E-state index in [1.54, 1.807) is 0 Å². The normalized spacial score (nSPS) is 26.9. The van der Waals surface area contributed by atoms with Crippen LogP contribution < -0.4 is 5.73 Å². The fourth-order valence-corrected chi connectivity index (χ4v) is 3.50. The molecule has 0 radical (unpaired) electrons. The summed E-state index contributed by atoms with van der Waals surface area (Å²) in [6.07, 6.45) is 8.38. The average molecular weight is 275 g/mol. The summed E-state index contributed by atoms with van der Waals surface area (Å²) < 4.78 is 0. The third-order valence-electron chi connectivity index (χ3n) is 4.55. The zero-order chi connectivity index (χ0) is 14.4. The largest absolute Gasteiger partial charge is 0.327 e. The molecule has 0 bridgehead atoms. The summed E-state index contributed by atoms with van der Waals surface area (Å²) in [5.74, 6) is 1.54. The minimum Gasteiger partial charge on any atom is -0.327 e. The second-order valence-corrected chi connectivity index (χ2v) is 6.41. The summed E-state index contributed by atoms with van der Waals surface area (Å²) in [5, 5.41) is 0. The second-order valence-electron chi connectivity index (χ2n) is 6.41. The molecule has 2 rings (SSSR count). The van der Waals surface area contributed by atoms with E-state index < -0.39 is 0 Å². The molecule has 3 heteroatoms. The van der Waals surface area contributed by atoms with E-state index in [0.29, 0.717) is 12.0 Å². The van der Waals surface area contributed by atoms with Crippen molar-refractivity contribution in [1.29, 1.82) is 0 Å². The highest BCUT2D eigenvalue weighted by Gasteiger charge is 2.28. The van der Waals surface area contributed by atoms with Crippen molar-refractivity contribution in [2.45, 2.75) is 51.6 Å². The lowest BCUT2D eigenvalue weighted by Gasteiger charge is -2.36. The van der Waals surface area contributed by atoms with Crippen molar-refractivity contribution in [3.05, 3.63) is 30.1 Å². The van der Waals surface area contributed by atoms with E-state index in [9.17, 15) is 0 Å². The number of nitrogens with two attached hydrogens (primary N) is 1. The highest BCUT2D eigenvalue weighted by Crippen LogP contribution is 2.31. The number of pyridine rings is 1. The van der Waals surface area contributed by atoms with Crippen LogP contribution >= 0.6 is 0 Å². The first-order valence-corrected chi connectivity index (χ1v) is 8.03. The molecule has 0 amide bonds. The second kappa shape index (κ2) is 7.75. The zero-order valence-corrected chi connectivity index (χ0v) is 13.0. The molecule has 0 aliphatic heterocycles. The van der Waals surface area contributed by atoms with Gasteiger partial charge in [0.2, 0.25) is 0 Å². The predicted octanol–water partition coefficient (Wildman–Crippen LogP) is 3.06. The van der Waals surface area contributed by atoms with E-state index in [2.05, 4.69) is 36.0 Å². The van der Waals surface area contributed by atoms with Crippen molar-refractivity contribution >= 4 is 0 Å². The van der Waals surface area contributed by atoms with Gasteiger partial charge in [0, 0.05) is 25.3 Å². The van der Waals surface area contributed by atoms with Crippen LogP contribution in [0, 0.1) is 11.8 Å². The molecular formula is C17H29N3. The Morgan fingerprint density at radius 2 is 2.20 bits per heavy atom. The fraction of sp³-hybridized carbons (Fsp3) is 0.706. The van der Waals surface area contributed by atoms with Gasteiger partial charge >= 0.3 is 0 Å². The van der Waals surface area contributed by atoms with E-state index in [0.717, 1.165) is 24.7 Å². The van der Waals surface area contributed by atoms with Crippen LogP contribution in [-0.2, 0) is 6.54 Å². The quantitative estimate of drug-likeness (QED) is 0.867. The first-order valence-electron chi connectivity index (χ1n) is 8.03. The first kappa shape index (κ1) is 15.5. The molecule has 1 fully saturated rings. The molecule has 112 valence electrons. The number of aromatic nitrogens is 1. The van der Waals surface area contributed by atoms with E-state index in [-0.39, 0.29) is 0 Å². The van der Waals surface area contributed by atoms with Crippen LogP contribution in [0.3, 0.4) is 0 Å². The van der Waals surface area contributed by atoms with E-state index in [4.69, 9.17) is 5.73 Å². The molecule has 0 aromatic carbocycles. The summed E-state index contributed by atoms with van der Waals surface area (Å²) >= 11 is 0. The first-order chi connectivity index (χ1) is 9.69. The molecule has 1 heterocycles. The zero-order valence-electron chi connectivity index (χ0n) is 13.0. The van der Waals surface area contributed by atoms with Gasteiger partial charge in [0.25, 0.3) is 0 Å². The summed E-state index contributed by atoms with van der Waals surface area (Å²) in [6, 6.07) is 6.50. The van der Waals surface area contributed by atoms with Crippen LogP contribution in [0.1, 0.15) is 44.7 Å². The maximum atomic E-state index is 6.34. The number of hydrogen-bond acceptors (Lipinski definition) is 3. The Hall–Kier alpha value is -0.930. The molecule has 3 atom stereocenters. The van der Waals surface area contributed by atoms with Gasteiger partial charge in [-0.25, -0.2) is 0 Å². The summed E-state index contributed by atoms with van der Waals surface area (Å²) in [5.41, 5.74) is 7.48. The van der Waals surface area contributed by atoms with Gasteiger partial charge in [0.1, 0.15) is 0 Å². The van der Waals surface area contributed by atoms with Gasteiger partial charge in [0.05, 0.1) is 5.69 Å². The molecule has 3 unspecified atom stereocenters. The Balaban J connectivity index is 1.84. The SMILES string of the molecule is CCCC1CCC(N)C(CN(C)Cc2ccccn2)C1. The highest BCUT2D eigenvalue weighted by atomic mass is 15.1. The number of rotatable bonds is 6. The highest BCUT2D eigenvalue weighted by molar-refractivity contribution is 5.03. The van der Waals surface area contributed by atoms with E-state index in [1.807, 2.05) is 12.3 Å². The molecule has 1 aliphatic rings. The molecule has 0 saturated heterocycles. The maximum absolute atomic E-state index is 6.34. The number of hydrogen-bond donors (Lipinski definition) is 1. The average Bonchev–Trinajstić information content (AvgIpc) is 2.44. The Morgan fingerprint density at radius 3 is 2.90 bits per heavy atom. The van der Waals surface area contributed by atoms with Crippen molar-refractivity contribution in [2.75, 3.05) is 13.6 Å². The lowest BCUT2D eigenvalue weighted by Crippen LogP contribution is -2.42. The maximum Gasteiger partial charge on any atom is 0.0543 e. The standard InChI is InChI=1S/C17H29N3/c1-3-6-14-8-9-17(18)15(11-14)12-20(2)13-16-7-4-5-10-19-16/h4-5,7,10,14-15,17H,3,6,8-9,11-13,18H2,1-2H3. The van der Waals surface area contributed by atoms with Crippen LogP contribution in [0.4, 0.5) is 0 Å². The minimum atomic E-state index is 0.384. The van der Waals surface area contributed by atoms with Crippen molar-refractivity contribution in [1.82, 2.24) is 9.88 Å². The molecule has 3 nitrogen and oxygen atoms in total. The lowest BCUT2D eigenvalue weighted by molar-refractivity contribution is 0.164. The Kier molecular flexibility index (Phi) is 5.99. The third-order valence-corrected chi connectivity index (χ3v) is 4.55. The van der Waals surface area contributed by atoms with Gasteiger partial charge < -0.3 is 10.6 Å². The molecule has 1 aromatic heterocycles. The van der Waals surface area contributed by atoms with Gasteiger partial charge in [-0.1, -0.05) is 25.8 Å². The molecule has 1 saturated carbocycles. The van der Waals surface area contributed by atoms with Crippen molar-refractivity contribution in [3.63, 3.8) is 0 Å². The van der Waals surface area contributed by atoms with Crippen molar-refractivity contribution in [3.8, 4) is 0 Å². The smallest absolute Gasteiger partial charge is 0.0543 e. The Labute approximate surface area is 123 Å². The van der Waals surface area contributed by atoms with Crippen LogP contribution in [0.15, 0.2) is 24.4 Å². The monoisotopic (exact) mass is 275 g/mol. The van der Waals surface area contributed by atoms with Crippen LogP contribution in [0.2, 0.25) is 0 Å². The Morgan fingerprint density at radius 1 is 1.35 bits per heavy atom. The summed E-state index contributed by atoms with van der Waals surface area (Å²) in [6.45, 7) is 4.30. The summed E-state index contributed by atoms with van der Waals surface area (Å²) in [4.78, 5) is 6.78. The van der Waals surface area contributed by atoms with Gasteiger partial charge in [-0.3, -0.25) is 4.98 Å².